The Morgan fingerprint density at radius 1 is 0.857 bits per heavy atom. The molecule has 0 fully saturated rings. The third kappa shape index (κ3) is 4.80. The van der Waals surface area contributed by atoms with E-state index in [1.54, 1.807) is 36.4 Å². The first-order valence-electron chi connectivity index (χ1n) is 6.61. The predicted octanol–water partition coefficient (Wildman–Crippen LogP) is 5.79. The summed E-state index contributed by atoms with van der Waals surface area (Å²) in [7, 11) is 0. The average Bonchev–Trinajstić information content (AvgIpc) is 2.38. The highest BCUT2D eigenvalue weighted by molar-refractivity contribution is 7.82. The van der Waals surface area contributed by atoms with Crippen LogP contribution in [0, 0.1) is 0 Å². The second-order valence-electron chi connectivity index (χ2n) is 5.70. The molecule has 2 aromatic rings. The van der Waals surface area contributed by atoms with Crippen LogP contribution in [0.4, 0.5) is 0 Å². The largest absolute Gasteiger partial charge is 0.530 e. The Kier molecular flexibility index (Phi) is 4.65. The van der Waals surface area contributed by atoms with Gasteiger partial charge in [0.15, 0.2) is 0 Å². The van der Waals surface area contributed by atoms with Crippen LogP contribution < -0.4 is 9.05 Å². The molecule has 0 bridgehead atoms. The Balaban J connectivity index is 2.08. The van der Waals surface area contributed by atoms with E-state index < -0.39 is 6.95 Å². The minimum absolute atomic E-state index is 0.0454. The van der Waals surface area contributed by atoms with E-state index in [1.807, 2.05) is 18.2 Å². The van der Waals surface area contributed by atoms with Gasteiger partial charge in [0.1, 0.15) is 11.5 Å². The zero-order valence-electron chi connectivity index (χ0n) is 12.2. The Morgan fingerprint density at radius 3 is 1.81 bits per heavy atom. The molecule has 0 aliphatic carbocycles. The third-order valence-electron chi connectivity index (χ3n) is 2.89. The van der Waals surface area contributed by atoms with Crippen molar-refractivity contribution >= 4 is 18.2 Å². The second kappa shape index (κ2) is 6.13. The van der Waals surface area contributed by atoms with Crippen molar-refractivity contribution in [1.29, 1.82) is 0 Å². The molecular weight excluding hydrogens is 307 g/mol. The predicted molar refractivity (Wildman–Crippen MR) is 86.3 cm³/mol. The van der Waals surface area contributed by atoms with E-state index in [-0.39, 0.29) is 5.41 Å². The maximum absolute atomic E-state index is 12.2. The Bertz CT molecular complexity index is 633. The Labute approximate surface area is 130 Å². The van der Waals surface area contributed by atoms with Crippen LogP contribution in [-0.2, 0) is 9.98 Å². The van der Waals surface area contributed by atoms with E-state index in [2.05, 4.69) is 20.8 Å². The molecule has 0 spiro atoms. The molecule has 0 aromatic heterocycles. The van der Waals surface area contributed by atoms with Gasteiger partial charge in [0.25, 0.3) is 0 Å². The van der Waals surface area contributed by atoms with Crippen molar-refractivity contribution in [2.75, 3.05) is 0 Å². The molecular formula is C16H18ClO3P. The van der Waals surface area contributed by atoms with Gasteiger partial charge >= 0.3 is 6.95 Å². The third-order valence-corrected chi connectivity index (χ3v) is 4.16. The summed E-state index contributed by atoms with van der Waals surface area (Å²) in [5.41, 5.74) is 1.20. The first-order valence-corrected chi connectivity index (χ1v) is 9.05. The van der Waals surface area contributed by atoms with E-state index in [0.717, 1.165) is 5.56 Å². The molecule has 0 saturated heterocycles. The molecule has 0 heterocycles. The first-order chi connectivity index (χ1) is 9.76. The molecule has 112 valence electrons. The fourth-order valence-corrected chi connectivity index (χ4v) is 3.03. The molecule has 21 heavy (non-hydrogen) atoms. The number of hydrogen-bond acceptors (Lipinski definition) is 3. The topological polar surface area (TPSA) is 35.5 Å². The Morgan fingerprint density at radius 2 is 1.33 bits per heavy atom. The van der Waals surface area contributed by atoms with E-state index in [0.29, 0.717) is 11.5 Å². The lowest BCUT2D eigenvalue weighted by molar-refractivity contribution is 0.406. The van der Waals surface area contributed by atoms with E-state index in [9.17, 15) is 4.57 Å². The van der Waals surface area contributed by atoms with Gasteiger partial charge in [0, 0.05) is 11.2 Å². The van der Waals surface area contributed by atoms with Crippen molar-refractivity contribution in [3.05, 3.63) is 60.2 Å². The average molecular weight is 325 g/mol. The second-order valence-corrected chi connectivity index (χ2v) is 8.17. The molecule has 0 aliphatic rings. The SMILES string of the molecule is CC(C)(C)c1ccc(OP(=O)(Cl)Oc2ccccc2)cc1. The zero-order valence-corrected chi connectivity index (χ0v) is 13.9. The fraction of sp³-hybridized carbons (Fsp3) is 0.250. The molecule has 3 nitrogen and oxygen atoms in total. The summed E-state index contributed by atoms with van der Waals surface area (Å²) in [6.07, 6.45) is 0. The molecule has 2 rings (SSSR count). The van der Waals surface area contributed by atoms with Crippen LogP contribution in [0.25, 0.3) is 0 Å². The lowest BCUT2D eigenvalue weighted by atomic mass is 9.87. The van der Waals surface area contributed by atoms with Gasteiger partial charge in [-0.25, -0.2) is 4.57 Å². The first kappa shape index (κ1) is 15.9. The maximum atomic E-state index is 12.2. The number of halogens is 1. The van der Waals surface area contributed by atoms with Crippen molar-refractivity contribution < 1.29 is 13.6 Å². The van der Waals surface area contributed by atoms with E-state index >= 15 is 0 Å². The molecule has 5 heteroatoms. The van der Waals surface area contributed by atoms with Crippen LogP contribution in [0.15, 0.2) is 54.6 Å². The summed E-state index contributed by atoms with van der Waals surface area (Å²) in [5.74, 6) is 0.819. The lowest BCUT2D eigenvalue weighted by Gasteiger charge is -2.19. The monoisotopic (exact) mass is 324 g/mol. The minimum atomic E-state index is -3.72. The summed E-state index contributed by atoms with van der Waals surface area (Å²) in [5, 5.41) is 0. The lowest BCUT2D eigenvalue weighted by Crippen LogP contribution is -2.10. The van der Waals surface area contributed by atoms with Crippen LogP contribution in [-0.4, -0.2) is 0 Å². The van der Waals surface area contributed by atoms with Gasteiger partial charge in [-0.05, 0) is 35.2 Å². The van der Waals surface area contributed by atoms with Crippen molar-refractivity contribution in [1.82, 2.24) is 0 Å². The van der Waals surface area contributed by atoms with Gasteiger partial charge in [0.2, 0.25) is 0 Å². The van der Waals surface area contributed by atoms with Crippen LogP contribution in [0.3, 0.4) is 0 Å². The highest BCUT2D eigenvalue weighted by Gasteiger charge is 2.25. The van der Waals surface area contributed by atoms with Crippen molar-refractivity contribution in [2.24, 2.45) is 0 Å². The van der Waals surface area contributed by atoms with E-state index in [4.69, 9.17) is 20.3 Å². The van der Waals surface area contributed by atoms with Gasteiger partial charge in [-0.15, -0.1) is 0 Å². The van der Waals surface area contributed by atoms with Crippen LogP contribution in [0.2, 0.25) is 0 Å². The summed E-state index contributed by atoms with van der Waals surface area (Å²) < 4.78 is 22.6. The standard InChI is InChI=1S/C16H18ClO3P/c1-16(2,3)13-9-11-15(12-10-13)20-21(17,18)19-14-7-5-4-6-8-14/h4-12H,1-3H3. The van der Waals surface area contributed by atoms with Crippen molar-refractivity contribution in [3.8, 4) is 11.5 Å². The van der Waals surface area contributed by atoms with Gasteiger partial charge in [-0.2, -0.15) is 0 Å². The smallest absolute Gasteiger partial charge is 0.405 e. The summed E-state index contributed by atoms with van der Waals surface area (Å²) in [6.45, 7) is 2.64. The molecule has 0 N–H and O–H groups in total. The summed E-state index contributed by atoms with van der Waals surface area (Å²) >= 11 is 5.85. The molecule has 1 atom stereocenters. The summed E-state index contributed by atoms with van der Waals surface area (Å²) in [4.78, 5) is 0. The quantitative estimate of drug-likeness (QED) is 0.668. The molecule has 0 radical (unpaired) electrons. The Hall–Kier alpha value is -1.44. The molecule has 0 amide bonds. The van der Waals surface area contributed by atoms with Crippen LogP contribution in [0.1, 0.15) is 26.3 Å². The number of rotatable bonds is 4. The van der Waals surface area contributed by atoms with Crippen molar-refractivity contribution in [3.63, 3.8) is 0 Å². The maximum Gasteiger partial charge on any atom is 0.530 e. The number of benzene rings is 2. The van der Waals surface area contributed by atoms with Gasteiger partial charge < -0.3 is 9.05 Å². The highest BCUT2D eigenvalue weighted by atomic mass is 35.7. The molecule has 0 saturated carbocycles. The van der Waals surface area contributed by atoms with E-state index in [1.165, 1.54) is 0 Å². The number of para-hydroxylation sites is 1. The van der Waals surface area contributed by atoms with Crippen LogP contribution >= 0.6 is 18.2 Å². The van der Waals surface area contributed by atoms with Crippen molar-refractivity contribution in [2.45, 2.75) is 26.2 Å². The molecule has 2 aromatic carbocycles. The van der Waals surface area contributed by atoms with Gasteiger partial charge in [0.05, 0.1) is 0 Å². The molecule has 1 unspecified atom stereocenters. The van der Waals surface area contributed by atoms with Gasteiger partial charge in [-0.1, -0.05) is 51.1 Å². The summed E-state index contributed by atoms with van der Waals surface area (Å²) in [6, 6.07) is 16.0. The minimum Gasteiger partial charge on any atom is -0.405 e. The normalized spacial score (nSPS) is 14.3. The highest BCUT2D eigenvalue weighted by Crippen LogP contribution is 2.53. The van der Waals surface area contributed by atoms with Gasteiger partial charge in [-0.3, -0.25) is 0 Å². The fourth-order valence-electron chi connectivity index (χ4n) is 1.77. The molecule has 0 aliphatic heterocycles. The zero-order chi connectivity index (χ0) is 15.5. The van der Waals surface area contributed by atoms with Crippen LogP contribution in [0.5, 0.6) is 11.5 Å². The number of hydrogen-bond donors (Lipinski definition) is 0.